The summed E-state index contributed by atoms with van der Waals surface area (Å²) >= 11 is 0. The predicted octanol–water partition coefficient (Wildman–Crippen LogP) is 2.58. The second-order valence-electron chi connectivity index (χ2n) is 11.0. The molecule has 0 aromatic carbocycles. The van der Waals surface area contributed by atoms with E-state index in [0.29, 0.717) is 12.8 Å². The SMILES string of the molecule is CC[C@H]1OC(=O)[C@H](C)[C@@H](O)C[C@@H](O)C[C@@H](O)CCC[C@@H](O)C[C@@H](O)[C@@H](C(=O)O)[C@H](O)\C=C/C=C\C=C/C=C\C=C/[C@@H]1C. The molecule has 0 saturated carbocycles. The Morgan fingerprint density at radius 3 is 1.81 bits per heavy atom. The van der Waals surface area contributed by atoms with E-state index in [0.717, 1.165) is 0 Å². The van der Waals surface area contributed by atoms with Crippen molar-refractivity contribution >= 4 is 11.9 Å². The van der Waals surface area contributed by atoms with Gasteiger partial charge in [0.15, 0.2) is 0 Å². The molecule has 0 unspecified atom stereocenters. The number of carboxylic acids is 1. The number of aliphatic hydroxyl groups excluding tert-OH is 6. The van der Waals surface area contributed by atoms with Crippen LogP contribution in [0.3, 0.4) is 0 Å². The van der Waals surface area contributed by atoms with Crippen molar-refractivity contribution in [1.82, 2.24) is 0 Å². The number of aliphatic hydroxyl groups is 6. The van der Waals surface area contributed by atoms with Gasteiger partial charge in [-0.2, -0.15) is 0 Å². The first-order valence-electron chi connectivity index (χ1n) is 14.7. The maximum Gasteiger partial charge on any atom is 0.312 e. The molecule has 0 bridgehead atoms. The van der Waals surface area contributed by atoms with Crippen LogP contribution in [0.1, 0.15) is 65.7 Å². The molecule has 7 N–H and O–H groups in total. The van der Waals surface area contributed by atoms with Crippen molar-refractivity contribution in [3.63, 3.8) is 0 Å². The van der Waals surface area contributed by atoms with Crippen molar-refractivity contribution in [3.8, 4) is 0 Å². The van der Waals surface area contributed by atoms with E-state index in [9.17, 15) is 45.3 Å². The normalized spacial score (nSPS) is 39.5. The van der Waals surface area contributed by atoms with Crippen LogP contribution >= 0.6 is 0 Å². The summed E-state index contributed by atoms with van der Waals surface area (Å²) in [6.45, 7) is 5.35. The number of carboxylic acid groups (broad SMARTS) is 1. The number of cyclic esters (lactones) is 1. The third-order valence-electron chi connectivity index (χ3n) is 7.42. The maximum absolute atomic E-state index is 12.7. The number of rotatable bonds is 2. The van der Waals surface area contributed by atoms with Crippen LogP contribution in [0.25, 0.3) is 0 Å². The van der Waals surface area contributed by atoms with Gasteiger partial charge in [-0.1, -0.05) is 74.6 Å². The van der Waals surface area contributed by atoms with Crippen LogP contribution in [0.15, 0.2) is 60.8 Å². The standard InChI is InChI=1S/C32H50O10/c1-4-29-21(2)14-11-9-7-5-6-8-10-12-17-26(36)30(31(39)40)28(38)19-24(34)16-13-15-23(33)18-25(35)20-27(37)22(3)32(41)42-29/h5-12,14,17,21-30,33-38H,4,13,15-16,18-20H2,1-3H3,(H,39,40)/b6-5-,9-7-,10-8-,14-11-,17-12-/t21-,22+,23-,24+,25-,26+,27-,28+,29+,30-/m0/s1. The van der Waals surface area contributed by atoms with Gasteiger partial charge in [-0.3, -0.25) is 9.59 Å². The summed E-state index contributed by atoms with van der Waals surface area (Å²) in [6.07, 6.45) is 9.99. The van der Waals surface area contributed by atoms with Crippen molar-refractivity contribution < 1.29 is 50.1 Å². The zero-order valence-corrected chi connectivity index (χ0v) is 24.9. The van der Waals surface area contributed by atoms with Crippen LogP contribution in [-0.4, -0.2) is 90.4 Å². The molecule has 42 heavy (non-hydrogen) atoms. The molecule has 10 nitrogen and oxygen atoms in total. The predicted molar refractivity (Wildman–Crippen MR) is 159 cm³/mol. The smallest absolute Gasteiger partial charge is 0.312 e. The number of carbonyl (C=O) groups is 2. The van der Waals surface area contributed by atoms with Gasteiger partial charge in [-0.15, -0.1) is 0 Å². The third-order valence-corrected chi connectivity index (χ3v) is 7.42. The average molecular weight is 595 g/mol. The highest BCUT2D eigenvalue weighted by Crippen LogP contribution is 2.22. The molecule has 10 atom stereocenters. The summed E-state index contributed by atoms with van der Waals surface area (Å²) in [5.74, 6) is -4.47. The minimum atomic E-state index is -1.54. The quantitative estimate of drug-likeness (QED) is 0.234. The maximum atomic E-state index is 12.7. The Balaban J connectivity index is 3.03. The average Bonchev–Trinajstić information content (AvgIpc) is 2.90. The van der Waals surface area contributed by atoms with Gasteiger partial charge in [-0.25, -0.2) is 0 Å². The molecule has 0 aromatic heterocycles. The van der Waals surface area contributed by atoms with Crippen LogP contribution in [0.5, 0.6) is 0 Å². The molecular weight excluding hydrogens is 544 g/mol. The summed E-state index contributed by atoms with van der Waals surface area (Å²) < 4.78 is 5.65. The molecule has 1 aliphatic heterocycles. The minimum absolute atomic E-state index is 0.0479. The lowest BCUT2D eigenvalue weighted by atomic mass is 9.90. The molecule has 0 spiro atoms. The summed E-state index contributed by atoms with van der Waals surface area (Å²) in [5, 5.41) is 71.8. The summed E-state index contributed by atoms with van der Waals surface area (Å²) in [6, 6.07) is 0. The van der Waals surface area contributed by atoms with Gasteiger partial charge in [0.25, 0.3) is 0 Å². The molecular formula is C32H50O10. The molecule has 0 amide bonds. The van der Waals surface area contributed by atoms with Gasteiger partial charge in [0.1, 0.15) is 12.0 Å². The molecule has 1 rings (SSSR count). The second kappa shape index (κ2) is 20.3. The lowest BCUT2D eigenvalue weighted by molar-refractivity contribution is -0.160. The van der Waals surface area contributed by atoms with Crippen molar-refractivity contribution in [1.29, 1.82) is 0 Å². The van der Waals surface area contributed by atoms with Crippen molar-refractivity contribution in [2.75, 3.05) is 0 Å². The molecule has 1 aliphatic rings. The fourth-order valence-electron chi connectivity index (χ4n) is 4.70. The van der Waals surface area contributed by atoms with E-state index in [4.69, 9.17) is 4.74 Å². The fourth-order valence-corrected chi connectivity index (χ4v) is 4.70. The molecule has 0 aromatic rings. The Hall–Kier alpha value is -2.60. The number of ether oxygens (including phenoxy) is 1. The van der Waals surface area contributed by atoms with Gasteiger partial charge in [0.05, 0.1) is 42.5 Å². The number of allylic oxidation sites excluding steroid dienone is 8. The summed E-state index contributed by atoms with van der Waals surface area (Å²) in [5.41, 5.74) is 0. The molecule has 10 heteroatoms. The molecule has 1 heterocycles. The topological polar surface area (TPSA) is 185 Å². The van der Waals surface area contributed by atoms with Gasteiger partial charge < -0.3 is 40.5 Å². The Bertz CT molecular complexity index is 940. The van der Waals surface area contributed by atoms with Crippen molar-refractivity contribution in [2.24, 2.45) is 17.8 Å². The van der Waals surface area contributed by atoms with Gasteiger partial charge in [-0.05, 0) is 39.0 Å². The number of hydrogen-bond donors (Lipinski definition) is 7. The highest BCUT2D eigenvalue weighted by atomic mass is 16.5. The van der Waals surface area contributed by atoms with Gasteiger partial charge >= 0.3 is 11.9 Å². The van der Waals surface area contributed by atoms with E-state index in [1.165, 1.54) is 19.1 Å². The second-order valence-corrected chi connectivity index (χ2v) is 11.0. The Labute approximate surface area is 249 Å². The lowest BCUT2D eigenvalue weighted by Crippen LogP contribution is -2.39. The molecule has 238 valence electrons. The minimum Gasteiger partial charge on any atom is -0.481 e. The van der Waals surface area contributed by atoms with E-state index in [-0.39, 0.29) is 38.0 Å². The Kier molecular flexibility index (Phi) is 18.1. The Morgan fingerprint density at radius 2 is 1.26 bits per heavy atom. The number of esters is 1. The number of hydrogen-bond acceptors (Lipinski definition) is 9. The summed E-state index contributed by atoms with van der Waals surface area (Å²) in [4.78, 5) is 24.4. The van der Waals surface area contributed by atoms with Crippen molar-refractivity contribution in [3.05, 3.63) is 60.8 Å². The van der Waals surface area contributed by atoms with Crippen molar-refractivity contribution in [2.45, 2.75) is 108 Å². The van der Waals surface area contributed by atoms with E-state index in [1.807, 2.05) is 26.0 Å². The van der Waals surface area contributed by atoms with Crippen LogP contribution < -0.4 is 0 Å². The number of aliphatic carboxylic acids is 1. The highest BCUT2D eigenvalue weighted by molar-refractivity contribution is 5.73. The van der Waals surface area contributed by atoms with Crippen LogP contribution in [0.4, 0.5) is 0 Å². The van der Waals surface area contributed by atoms with Crippen LogP contribution in [0, 0.1) is 17.8 Å². The zero-order chi connectivity index (χ0) is 31.7. The third kappa shape index (κ3) is 14.5. The molecule has 0 saturated heterocycles. The lowest BCUT2D eigenvalue weighted by Gasteiger charge is -2.26. The largest absolute Gasteiger partial charge is 0.481 e. The van der Waals surface area contributed by atoms with Crippen LogP contribution in [0.2, 0.25) is 0 Å². The van der Waals surface area contributed by atoms with Gasteiger partial charge in [0.2, 0.25) is 0 Å². The Morgan fingerprint density at radius 1 is 0.762 bits per heavy atom. The highest BCUT2D eigenvalue weighted by Gasteiger charge is 2.33. The van der Waals surface area contributed by atoms with E-state index in [1.54, 1.807) is 36.5 Å². The van der Waals surface area contributed by atoms with E-state index < -0.39 is 66.5 Å². The monoisotopic (exact) mass is 594 g/mol. The number of carbonyl (C=O) groups excluding carboxylic acids is 1. The van der Waals surface area contributed by atoms with E-state index in [2.05, 4.69) is 0 Å². The summed E-state index contributed by atoms with van der Waals surface area (Å²) in [7, 11) is 0. The molecule has 0 aliphatic carbocycles. The first-order valence-corrected chi connectivity index (χ1v) is 14.7. The molecule has 0 fully saturated rings. The fraction of sp³-hybridized carbons (Fsp3) is 0.625. The van der Waals surface area contributed by atoms with Crippen LogP contribution in [-0.2, 0) is 14.3 Å². The first-order chi connectivity index (χ1) is 19.9. The zero-order valence-electron chi connectivity index (χ0n) is 24.9. The van der Waals surface area contributed by atoms with Gasteiger partial charge in [0, 0.05) is 18.8 Å². The molecule has 0 radical (unpaired) electrons. The van der Waals surface area contributed by atoms with E-state index >= 15 is 0 Å². The first kappa shape index (κ1) is 37.4.